The first-order valence-corrected chi connectivity index (χ1v) is 10.1. The normalized spacial score (nSPS) is 28.8. The molecule has 0 radical (unpaired) electrons. The molecule has 0 amide bonds. The third kappa shape index (κ3) is 4.82. The number of unbranched alkanes of at least 4 members (excludes halogenated alkanes) is 3. The number of nitrogens with zero attached hydrogens (tertiary/aromatic N) is 4. The summed E-state index contributed by atoms with van der Waals surface area (Å²) in [5.74, 6) is 0. The van der Waals surface area contributed by atoms with E-state index >= 15 is 0 Å². The Morgan fingerprint density at radius 1 is 1.00 bits per heavy atom. The molecule has 2 bridgehead atoms. The number of hydrogen-bond acceptors (Lipinski definition) is 0. The Morgan fingerprint density at radius 2 is 1.62 bits per heavy atom. The number of imidazole rings is 1. The van der Waals surface area contributed by atoms with Gasteiger partial charge in [0.05, 0.1) is 26.7 Å². The summed E-state index contributed by atoms with van der Waals surface area (Å²) in [6, 6.07) is 0.845. The van der Waals surface area contributed by atoms with Crippen LogP contribution in [-0.4, -0.2) is 65.4 Å². The van der Waals surface area contributed by atoms with Crippen LogP contribution in [0, 0.1) is 0 Å². The lowest BCUT2D eigenvalue weighted by atomic mass is 10.0. The number of piperazine rings is 3. The van der Waals surface area contributed by atoms with E-state index in [4.69, 9.17) is 0 Å². The van der Waals surface area contributed by atoms with E-state index in [-0.39, 0.29) is 0 Å². The van der Waals surface area contributed by atoms with E-state index in [9.17, 15) is 0 Å². The SMILES string of the molecule is CCCCCC[N+]12CC[N+](C(C)C)(CC1)CC2.Cn1cc[n+](C)c1. The molecule has 3 aliphatic rings. The Morgan fingerprint density at radius 3 is 2.00 bits per heavy atom. The zero-order valence-corrected chi connectivity index (χ0v) is 16.9. The summed E-state index contributed by atoms with van der Waals surface area (Å²) in [5, 5.41) is 0. The third-order valence-electron chi connectivity index (χ3n) is 6.54. The van der Waals surface area contributed by atoms with Gasteiger partial charge in [0.15, 0.2) is 0 Å². The Labute approximate surface area is 149 Å². The molecule has 0 unspecified atom stereocenters. The monoisotopic (exact) mass is 337 g/mol. The zero-order valence-electron chi connectivity index (χ0n) is 16.9. The highest BCUT2D eigenvalue weighted by Crippen LogP contribution is 2.29. The molecule has 4 rings (SSSR count). The minimum atomic E-state index is 0.845. The molecule has 0 saturated carbocycles. The standard InChI is InChI=1S/C15H32N2.C5H9N2/c1-4-5-6-7-8-16-9-12-17(13-10-16,14-11-16)15(2)3;1-6-3-4-7(2)5-6/h15H,4-14H2,1-3H3;3-5H,1-2H3/q+2;+1. The summed E-state index contributed by atoms with van der Waals surface area (Å²) in [4.78, 5) is 0. The number of aromatic nitrogens is 2. The summed E-state index contributed by atoms with van der Waals surface area (Å²) >= 11 is 0. The Kier molecular flexibility index (Phi) is 6.88. The number of rotatable bonds is 6. The fraction of sp³-hybridized carbons (Fsp3) is 0.850. The molecule has 4 nitrogen and oxygen atoms in total. The van der Waals surface area contributed by atoms with E-state index < -0.39 is 0 Å². The van der Waals surface area contributed by atoms with Crippen molar-refractivity contribution in [3.63, 3.8) is 0 Å². The molecule has 1 aromatic rings. The van der Waals surface area contributed by atoms with Crippen LogP contribution in [0.2, 0.25) is 0 Å². The number of quaternary nitrogens is 2. The van der Waals surface area contributed by atoms with Crippen LogP contribution >= 0.6 is 0 Å². The maximum Gasteiger partial charge on any atom is 0.243 e. The molecule has 3 saturated heterocycles. The Bertz CT molecular complexity index is 451. The lowest BCUT2D eigenvalue weighted by Gasteiger charge is -2.57. The van der Waals surface area contributed by atoms with Crippen molar-refractivity contribution in [3.05, 3.63) is 18.7 Å². The molecule has 138 valence electrons. The van der Waals surface area contributed by atoms with Gasteiger partial charge in [0, 0.05) is 0 Å². The van der Waals surface area contributed by atoms with Crippen LogP contribution in [0.15, 0.2) is 18.7 Å². The van der Waals surface area contributed by atoms with Gasteiger partial charge in [0.1, 0.15) is 51.7 Å². The maximum atomic E-state index is 2.42. The predicted octanol–water partition coefficient (Wildman–Crippen LogP) is 2.49. The van der Waals surface area contributed by atoms with E-state index in [0.717, 1.165) is 6.04 Å². The van der Waals surface area contributed by atoms with Crippen molar-refractivity contribution in [3.8, 4) is 0 Å². The first kappa shape index (κ1) is 19.5. The van der Waals surface area contributed by atoms with Gasteiger partial charge in [-0.3, -0.25) is 0 Å². The molecule has 0 atom stereocenters. The van der Waals surface area contributed by atoms with Crippen molar-refractivity contribution in [1.82, 2.24) is 4.57 Å². The minimum Gasteiger partial charge on any atom is -0.310 e. The Balaban J connectivity index is 0.000000249. The maximum absolute atomic E-state index is 2.42. The van der Waals surface area contributed by atoms with E-state index in [0.29, 0.717) is 0 Å². The summed E-state index contributed by atoms with van der Waals surface area (Å²) in [7, 11) is 4.00. The second kappa shape index (κ2) is 8.48. The van der Waals surface area contributed by atoms with Gasteiger partial charge >= 0.3 is 0 Å². The van der Waals surface area contributed by atoms with Crippen LogP contribution in [0.25, 0.3) is 0 Å². The highest BCUT2D eigenvalue weighted by molar-refractivity contribution is 4.64. The first-order chi connectivity index (χ1) is 11.4. The van der Waals surface area contributed by atoms with Crippen molar-refractivity contribution < 1.29 is 13.5 Å². The molecular formula is C20H41N4+3. The van der Waals surface area contributed by atoms with Crippen molar-refractivity contribution in [2.75, 3.05) is 45.8 Å². The van der Waals surface area contributed by atoms with Crippen molar-refractivity contribution in [2.24, 2.45) is 14.1 Å². The molecule has 1 aromatic heterocycles. The molecule has 0 aromatic carbocycles. The number of aryl methyl sites for hydroxylation is 2. The fourth-order valence-corrected chi connectivity index (χ4v) is 4.46. The molecule has 3 fully saturated rings. The minimum absolute atomic E-state index is 0.845. The van der Waals surface area contributed by atoms with Crippen LogP contribution in [0.5, 0.6) is 0 Å². The number of fused-ring (bicyclic) bond motifs is 3. The molecule has 4 heterocycles. The summed E-state index contributed by atoms with van der Waals surface area (Å²) in [5.41, 5.74) is 0. The molecule has 4 heteroatoms. The topological polar surface area (TPSA) is 8.81 Å². The average molecular weight is 338 g/mol. The highest BCUT2D eigenvalue weighted by atomic mass is 15.5. The van der Waals surface area contributed by atoms with E-state index in [1.807, 2.05) is 42.0 Å². The van der Waals surface area contributed by atoms with Gasteiger partial charge < -0.3 is 8.97 Å². The van der Waals surface area contributed by atoms with E-state index in [1.54, 1.807) is 0 Å². The van der Waals surface area contributed by atoms with Crippen LogP contribution in [0.4, 0.5) is 0 Å². The third-order valence-corrected chi connectivity index (χ3v) is 6.54. The molecule has 24 heavy (non-hydrogen) atoms. The van der Waals surface area contributed by atoms with Crippen LogP contribution in [0.1, 0.15) is 46.5 Å². The average Bonchev–Trinajstić information content (AvgIpc) is 2.97. The Hall–Kier alpha value is -0.870. The fourth-order valence-electron chi connectivity index (χ4n) is 4.46. The zero-order chi connectivity index (χ0) is 17.6. The lowest BCUT2D eigenvalue weighted by molar-refractivity contribution is -1.09. The van der Waals surface area contributed by atoms with Gasteiger partial charge in [-0.05, 0) is 26.7 Å². The van der Waals surface area contributed by atoms with E-state index in [1.165, 1.54) is 80.5 Å². The van der Waals surface area contributed by atoms with Crippen molar-refractivity contribution in [1.29, 1.82) is 0 Å². The van der Waals surface area contributed by atoms with Crippen molar-refractivity contribution >= 4 is 0 Å². The largest absolute Gasteiger partial charge is 0.310 e. The molecular weight excluding hydrogens is 296 g/mol. The van der Waals surface area contributed by atoms with Gasteiger partial charge in [-0.25, -0.2) is 9.13 Å². The summed E-state index contributed by atoms with van der Waals surface area (Å²) < 4.78 is 6.89. The second-order valence-corrected chi connectivity index (χ2v) is 8.52. The summed E-state index contributed by atoms with van der Waals surface area (Å²) in [6.45, 7) is 17.4. The number of hydrogen-bond donors (Lipinski definition) is 0. The molecule has 3 aliphatic heterocycles. The van der Waals surface area contributed by atoms with Gasteiger partial charge in [-0.1, -0.05) is 19.8 Å². The van der Waals surface area contributed by atoms with Crippen LogP contribution in [-0.2, 0) is 14.1 Å². The quantitative estimate of drug-likeness (QED) is 0.428. The van der Waals surface area contributed by atoms with Gasteiger partial charge in [0.25, 0.3) is 0 Å². The lowest BCUT2D eigenvalue weighted by Crippen LogP contribution is -2.76. The summed E-state index contributed by atoms with van der Waals surface area (Å²) in [6.07, 6.45) is 11.7. The second-order valence-electron chi connectivity index (χ2n) is 8.52. The van der Waals surface area contributed by atoms with E-state index in [2.05, 4.69) is 20.8 Å². The van der Waals surface area contributed by atoms with Gasteiger partial charge in [-0.15, -0.1) is 0 Å². The molecule has 0 spiro atoms. The first-order valence-electron chi connectivity index (χ1n) is 10.1. The van der Waals surface area contributed by atoms with Crippen LogP contribution < -0.4 is 4.57 Å². The van der Waals surface area contributed by atoms with Gasteiger partial charge in [0.2, 0.25) is 6.33 Å². The highest BCUT2D eigenvalue weighted by Gasteiger charge is 2.49. The molecule has 0 N–H and O–H groups in total. The van der Waals surface area contributed by atoms with Crippen LogP contribution in [0.3, 0.4) is 0 Å². The van der Waals surface area contributed by atoms with Crippen molar-refractivity contribution in [2.45, 2.75) is 52.5 Å². The molecule has 0 aliphatic carbocycles. The smallest absolute Gasteiger partial charge is 0.243 e. The van der Waals surface area contributed by atoms with Gasteiger partial charge in [-0.2, -0.15) is 0 Å². The predicted molar refractivity (Wildman–Crippen MR) is 100 cm³/mol.